The second kappa shape index (κ2) is 16.5. The molecule has 7 aromatic carbocycles. The van der Waals surface area contributed by atoms with Gasteiger partial charge >= 0.3 is 0 Å². The Balaban J connectivity index is 1.15. The van der Waals surface area contributed by atoms with E-state index in [4.69, 9.17) is 34.8 Å². The molecule has 0 aromatic heterocycles. The minimum Gasteiger partial charge on any atom is -0.505 e. The van der Waals surface area contributed by atoms with Crippen LogP contribution in [-0.4, -0.2) is 31.9 Å². The molecule has 7 aromatic rings. The summed E-state index contributed by atoms with van der Waals surface area (Å²) in [4.78, 5) is 49.0. The molecule has 0 saturated heterocycles. The SMILES string of the molecule is O=C(Nc1ccc(NC(=O)c2cc3ccccc3c(N=Nc3ccc(Cl)cc3[N+](=O)[O-])c2O)c(Cl)c1)c1cc2ccccc2c(N=Nc2ccc(Cl)cc2[N+](=O)[O-])c1O. The Bertz CT molecular complexity index is 2980. The summed E-state index contributed by atoms with van der Waals surface area (Å²) in [6.45, 7) is 0. The predicted octanol–water partition coefficient (Wildman–Crippen LogP) is 12.5. The second-order valence-electron chi connectivity index (χ2n) is 12.5. The molecule has 0 aliphatic heterocycles. The fourth-order valence-corrected chi connectivity index (χ4v) is 6.49. The first-order valence-electron chi connectivity index (χ1n) is 16.9. The molecule has 0 bridgehead atoms. The molecule has 0 atom stereocenters. The summed E-state index contributed by atoms with van der Waals surface area (Å²) >= 11 is 18.4. The van der Waals surface area contributed by atoms with Crippen LogP contribution >= 0.6 is 34.8 Å². The number of phenolic OH excluding ortho intramolecular Hbond substituents is 2. The van der Waals surface area contributed by atoms with Crippen LogP contribution in [0, 0.1) is 20.2 Å². The molecule has 0 aliphatic carbocycles. The van der Waals surface area contributed by atoms with E-state index in [2.05, 4.69) is 31.1 Å². The van der Waals surface area contributed by atoms with Crippen LogP contribution in [0.1, 0.15) is 20.7 Å². The van der Waals surface area contributed by atoms with E-state index in [1.807, 2.05) is 0 Å². The van der Waals surface area contributed by atoms with Crippen molar-refractivity contribution in [2.45, 2.75) is 0 Å². The number of fused-ring (bicyclic) bond motifs is 2. The summed E-state index contributed by atoms with van der Waals surface area (Å²) in [5.74, 6) is -2.70. The van der Waals surface area contributed by atoms with Crippen molar-refractivity contribution in [3.05, 3.63) is 162 Å². The quantitative estimate of drug-likeness (QED) is 0.0585. The summed E-state index contributed by atoms with van der Waals surface area (Å²) in [7, 11) is 0. The third kappa shape index (κ3) is 8.31. The van der Waals surface area contributed by atoms with Gasteiger partial charge in [0.15, 0.2) is 22.9 Å². The molecule has 0 unspecified atom stereocenters. The molecular weight excluding hydrogens is 827 g/mol. The molecule has 0 fully saturated rings. The fraction of sp³-hybridized carbons (Fsp3) is 0. The highest BCUT2D eigenvalue weighted by atomic mass is 35.5. The number of nitrogens with zero attached hydrogens (tertiary/aromatic N) is 6. The standard InChI is InChI=1S/C40H23Cl3N8O8/c41-22-9-12-31(33(17-22)50(56)57)46-48-35-25-7-3-1-5-20(25)15-27(37(35)52)39(54)44-24-11-14-30(29(43)19-24)45-40(55)28-16-21-6-2-4-8-26(21)36(38(28)53)49-47-32-13-10-23(42)18-34(32)51(58)59/h1-19,52-53H,(H,44,54)(H,45,55). The number of benzene rings is 7. The molecule has 0 heterocycles. The van der Waals surface area contributed by atoms with E-state index in [9.17, 15) is 40.0 Å². The Hall–Kier alpha value is -7.53. The van der Waals surface area contributed by atoms with Gasteiger partial charge in [-0.15, -0.1) is 20.5 Å². The molecule has 0 radical (unpaired) electrons. The number of carbonyl (C=O) groups is 2. The van der Waals surface area contributed by atoms with E-state index < -0.39 is 44.5 Å². The van der Waals surface area contributed by atoms with Crippen LogP contribution in [0.25, 0.3) is 21.5 Å². The maximum absolute atomic E-state index is 13.6. The van der Waals surface area contributed by atoms with Gasteiger partial charge in [0.05, 0.1) is 31.7 Å². The lowest BCUT2D eigenvalue weighted by molar-refractivity contribution is -0.384. The summed E-state index contributed by atoms with van der Waals surface area (Å²) < 4.78 is 0. The van der Waals surface area contributed by atoms with Crippen molar-refractivity contribution in [3.63, 3.8) is 0 Å². The summed E-state index contributed by atoms with van der Waals surface area (Å²) in [5.41, 5.74) is -1.53. The van der Waals surface area contributed by atoms with Crippen LogP contribution in [0.5, 0.6) is 11.5 Å². The largest absolute Gasteiger partial charge is 0.505 e. The van der Waals surface area contributed by atoms with Gasteiger partial charge in [-0.3, -0.25) is 29.8 Å². The van der Waals surface area contributed by atoms with E-state index in [0.717, 1.165) is 12.1 Å². The zero-order valence-corrected chi connectivity index (χ0v) is 31.9. The number of halogens is 3. The molecule has 4 N–H and O–H groups in total. The van der Waals surface area contributed by atoms with Gasteiger partial charge in [-0.1, -0.05) is 83.3 Å². The highest BCUT2D eigenvalue weighted by molar-refractivity contribution is 6.34. The monoisotopic (exact) mass is 848 g/mol. The van der Waals surface area contributed by atoms with E-state index in [-0.39, 0.29) is 60.3 Å². The summed E-state index contributed by atoms with van der Waals surface area (Å²) in [6.07, 6.45) is 0. The van der Waals surface area contributed by atoms with Gasteiger partial charge in [0, 0.05) is 38.6 Å². The molecule has 7 rings (SSSR count). The molecule has 292 valence electrons. The molecule has 0 spiro atoms. The van der Waals surface area contributed by atoms with Crippen LogP contribution < -0.4 is 10.6 Å². The van der Waals surface area contributed by atoms with Crippen molar-refractivity contribution in [1.82, 2.24) is 0 Å². The van der Waals surface area contributed by atoms with E-state index in [1.54, 1.807) is 48.5 Å². The highest BCUT2D eigenvalue weighted by Gasteiger charge is 2.23. The lowest BCUT2D eigenvalue weighted by atomic mass is 10.0. The summed E-state index contributed by atoms with van der Waals surface area (Å²) in [6, 6.07) is 28.0. The molecule has 0 aliphatic rings. The molecule has 0 saturated carbocycles. The number of phenols is 2. The number of aromatic hydroxyl groups is 2. The first-order valence-corrected chi connectivity index (χ1v) is 18.1. The van der Waals surface area contributed by atoms with Crippen molar-refractivity contribution < 1.29 is 29.6 Å². The van der Waals surface area contributed by atoms with Crippen molar-refractivity contribution in [3.8, 4) is 11.5 Å². The van der Waals surface area contributed by atoms with Crippen molar-refractivity contribution >= 4 is 114 Å². The van der Waals surface area contributed by atoms with Gasteiger partial charge in [0.2, 0.25) is 0 Å². The van der Waals surface area contributed by atoms with Gasteiger partial charge in [-0.2, -0.15) is 0 Å². The van der Waals surface area contributed by atoms with Crippen LogP contribution in [0.3, 0.4) is 0 Å². The number of anilines is 2. The second-order valence-corrected chi connectivity index (χ2v) is 13.7. The average Bonchev–Trinajstić information content (AvgIpc) is 3.21. The Morgan fingerprint density at radius 2 is 1.02 bits per heavy atom. The Labute approximate surface area is 346 Å². The van der Waals surface area contributed by atoms with Crippen LogP contribution in [0.15, 0.2) is 136 Å². The van der Waals surface area contributed by atoms with Crippen molar-refractivity contribution in [1.29, 1.82) is 0 Å². The third-order valence-electron chi connectivity index (χ3n) is 8.74. The number of hydrogen-bond donors (Lipinski definition) is 4. The number of amides is 2. The zero-order chi connectivity index (χ0) is 42.0. The topological polar surface area (TPSA) is 234 Å². The number of azo groups is 2. The lowest BCUT2D eigenvalue weighted by Crippen LogP contribution is -2.14. The van der Waals surface area contributed by atoms with E-state index >= 15 is 0 Å². The van der Waals surface area contributed by atoms with Crippen LogP contribution in [0.4, 0.5) is 45.5 Å². The Morgan fingerprint density at radius 3 is 1.47 bits per heavy atom. The van der Waals surface area contributed by atoms with E-state index in [1.165, 1.54) is 54.6 Å². The third-order valence-corrected chi connectivity index (χ3v) is 9.52. The minimum atomic E-state index is -0.799. The van der Waals surface area contributed by atoms with Gasteiger partial charge in [-0.05, 0) is 65.4 Å². The molecule has 19 heteroatoms. The van der Waals surface area contributed by atoms with Crippen LogP contribution in [-0.2, 0) is 0 Å². The fourth-order valence-electron chi connectivity index (χ4n) is 5.93. The van der Waals surface area contributed by atoms with Gasteiger partial charge < -0.3 is 20.8 Å². The average molecular weight is 850 g/mol. The molecule has 16 nitrogen and oxygen atoms in total. The number of nitro groups is 2. The number of nitro benzene ring substituents is 2. The zero-order valence-electron chi connectivity index (χ0n) is 29.6. The minimum absolute atomic E-state index is 0.0202. The molecule has 2 amide bonds. The first-order chi connectivity index (χ1) is 28.3. The van der Waals surface area contributed by atoms with Crippen LogP contribution in [0.2, 0.25) is 15.1 Å². The molecule has 59 heavy (non-hydrogen) atoms. The van der Waals surface area contributed by atoms with Gasteiger partial charge in [0.1, 0.15) is 11.4 Å². The van der Waals surface area contributed by atoms with Crippen molar-refractivity contribution in [2.24, 2.45) is 20.5 Å². The van der Waals surface area contributed by atoms with Gasteiger partial charge in [-0.25, -0.2) is 0 Å². The molecular formula is C40H23Cl3N8O8. The van der Waals surface area contributed by atoms with E-state index in [0.29, 0.717) is 21.5 Å². The Morgan fingerprint density at radius 1 is 0.559 bits per heavy atom. The van der Waals surface area contributed by atoms with Crippen molar-refractivity contribution in [2.75, 3.05) is 10.6 Å². The lowest BCUT2D eigenvalue weighted by Gasteiger charge is -2.14. The maximum Gasteiger partial charge on any atom is 0.298 e. The predicted molar refractivity (Wildman–Crippen MR) is 223 cm³/mol. The van der Waals surface area contributed by atoms with Gasteiger partial charge in [0.25, 0.3) is 23.2 Å². The summed E-state index contributed by atoms with van der Waals surface area (Å²) in [5, 5.41) is 69.2. The number of hydrogen-bond acceptors (Lipinski definition) is 12. The Kier molecular flexibility index (Phi) is 11.1. The smallest absolute Gasteiger partial charge is 0.298 e. The first kappa shape index (κ1) is 39.7. The maximum atomic E-state index is 13.6. The number of nitrogens with one attached hydrogen (secondary N) is 2. The number of rotatable bonds is 10. The normalized spacial score (nSPS) is 11.4. The highest BCUT2D eigenvalue weighted by Crippen LogP contribution is 2.43. The number of carbonyl (C=O) groups excluding carboxylic acids is 2.